The van der Waals surface area contributed by atoms with Crippen LogP contribution in [-0.2, 0) is 9.84 Å². The molecule has 110 valence electrons. The molecule has 0 saturated carbocycles. The van der Waals surface area contributed by atoms with E-state index in [-0.39, 0.29) is 41.5 Å². The molecule has 0 aliphatic carbocycles. The summed E-state index contributed by atoms with van der Waals surface area (Å²) in [6.45, 7) is 1.89. The van der Waals surface area contributed by atoms with Crippen molar-refractivity contribution in [3.8, 4) is 0 Å². The summed E-state index contributed by atoms with van der Waals surface area (Å²) in [6, 6.07) is -0.368. The fourth-order valence-corrected chi connectivity index (χ4v) is 3.70. The van der Waals surface area contributed by atoms with Crippen LogP contribution in [0, 0.1) is 10.1 Å². The Morgan fingerprint density at radius 3 is 2.80 bits per heavy atom. The highest BCUT2D eigenvalue weighted by atomic mass is 32.2. The summed E-state index contributed by atoms with van der Waals surface area (Å²) in [5.74, 6) is 0.333. The van der Waals surface area contributed by atoms with Crippen LogP contribution in [0.2, 0.25) is 0 Å². The molecular formula is C10H15N5O4S. The zero-order valence-electron chi connectivity index (χ0n) is 11.1. The van der Waals surface area contributed by atoms with Crippen molar-refractivity contribution < 1.29 is 13.3 Å². The molecule has 1 unspecified atom stereocenters. The molecule has 0 bridgehead atoms. The minimum absolute atomic E-state index is 0.0343. The maximum absolute atomic E-state index is 11.6. The summed E-state index contributed by atoms with van der Waals surface area (Å²) < 4.78 is 23.1. The predicted octanol–water partition coefficient (Wildman–Crippen LogP) is 0.0498. The van der Waals surface area contributed by atoms with Gasteiger partial charge in [0.2, 0.25) is 11.8 Å². The molecule has 1 fully saturated rings. The average molecular weight is 301 g/mol. The van der Waals surface area contributed by atoms with E-state index < -0.39 is 14.8 Å². The van der Waals surface area contributed by atoms with Gasteiger partial charge >= 0.3 is 5.69 Å². The van der Waals surface area contributed by atoms with Crippen LogP contribution >= 0.6 is 0 Å². The summed E-state index contributed by atoms with van der Waals surface area (Å²) in [4.78, 5) is 20.1. The van der Waals surface area contributed by atoms with E-state index in [1.54, 1.807) is 18.9 Å². The van der Waals surface area contributed by atoms with Crippen LogP contribution in [0.15, 0.2) is 6.20 Å². The van der Waals surface area contributed by atoms with Gasteiger partial charge < -0.3 is 10.2 Å². The van der Waals surface area contributed by atoms with E-state index in [1.165, 1.54) is 0 Å². The van der Waals surface area contributed by atoms with Gasteiger partial charge in [0.05, 0.1) is 16.4 Å². The van der Waals surface area contributed by atoms with Crippen LogP contribution in [0.4, 0.5) is 17.5 Å². The summed E-state index contributed by atoms with van der Waals surface area (Å²) in [5, 5.41) is 13.8. The standard InChI is InChI=1S/C10H15N5O4S/c1-7-6-20(18,19)4-3-14(7)9-8(15(16)17)5-12-10(11-2)13-9/h5,7H,3-4,6H2,1-2H3,(H,11,12,13). The lowest BCUT2D eigenvalue weighted by Crippen LogP contribution is -2.47. The monoisotopic (exact) mass is 301 g/mol. The van der Waals surface area contributed by atoms with Gasteiger partial charge in [0.25, 0.3) is 0 Å². The Labute approximate surface area is 116 Å². The highest BCUT2D eigenvalue weighted by Crippen LogP contribution is 2.29. The van der Waals surface area contributed by atoms with E-state index in [1.807, 2.05) is 0 Å². The summed E-state index contributed by atoms with van der Waals surface area (Å²) in [7, 11) is -1.49. The van der Waals surface area contributed by atoms with Crippen molar-refractivity contribution in [1.29, 1.82) is 0 Å². The topological polar surface area (TPSA) is 118 Å². The van der Waals surface area contributed by atoms with Crippen LogP contribution in [0.3, 0.4) is 0 Å². The van der Waals surface area contributed by atoms with Gasteiger partial charge in [-0.25, -0.2) is 13.4 Å². The fourth-order valence-electron chi connectivity index (χ4n) is 2.14. The van der Waals surface area contributed by atoms with Crippen LogP contribution in [-0.4, -0.2) is 54.4 Å². The number of sulfone groups is 1. The van der Waals surface area contributed by atoms with Gasteiger partial charge in [0.15, 0.2) is 9.84 Å². The van der Waals surface area contributed by atoms with Crippen molar-refractivity contribution in [2.45, 2.75) is 13.0 Å². The number of hydrogen-bond acceptors (Lipinski definition) is 8. The molecule has 1 atom stereocenters. The van der Waals surface area contributed by atoms with Gasteiger partial charge in [0, 0.05) is 19.6 Å². The van der Waals surface area contributed by atoms with E-state index in [0.717, 1.165) is 6.20 Å². The Kier molecular flexibility index (Phi) is 3.75. The summed E-state index contributed by atoms with van der Waals surface area (Å²) in [5.41, 5.74) is -0.227. The molecule has 2 rings (SSSR count). The third kappa shape index (κ3) is 2.79. The summed E-state index contributed by atoms with van der Waals surface area (Å²) in [6.07, 6.45) is 1.13. The zero-order valence-corrected chi connectivity index (χ0v) is 11.9. The number of hydrogen-bond donors (Lipinski definition) is 1. The average Bonchev–Trinajstić information content (AvgIpc) is 2.36. The van der Waals surface area contributed by atoms with Gasteiger partial charge in [0.1, 0.15) is 6.20 Å². The second-order valence-corrected chi connectivity index (χ2v) is 6.80. The van der Waals surface area contributed by atoms with E-state index in [4.69, 9.17) is 0 Å². The molecular weight excluding hydrogens is 286 g/mol. The van der Waals surface area contributed by atoms with E-state index in [2.05, 4.69) is 15.3 Å². The molecule has 0 aromatic carbocycles. The molecule has 1 N–H and O–H groups in total. The Morgan fingerprint density at radius 1 is 1.55 bits per heavy atom. The number of aromatic nitrogens is 2. The quantitative estimate of drug-likeness (QED) is 0.614. The van der Waals surface area contributed by atoms with Crippen molar-refractivity contribution in [2.75, 3.05) is 35.3 Å². The Hall–Kier alpha value is -1.97. The minimum atomic E-state index is -3.09. The second kappa shape index (κ2) is 5.19. The highest BCUT2D eigenvalue weighted by Gasteiger charge is 2.33. The van der Waals surface area contributed by atoms with E-state index >= 15 is 0 Å². The number of nitrogens with one attached hydrogen (secondary N) is 1. The first-order valence-corrected chi connectivity index (χ1v) is 7.82. The fraction of sp³-hybridized carbons (Fsp3) is 0.600. The van der Waals surface area contributed by atoms with Gasteiger partial charge in [-0.2, -0.15) is 4.98 Å². The molecule has 20 heavy (non-hydrogen) atoms. The number of anilines is 2. The molecule has 1 aliphatic rings. The smallest absolute Gasteiger partial charge is 0.329 e. The predicted molar refractivity (Wildman–Crippen MR) is 73.7 cm³/mol. The first kappa shape index (κ1) is 14.4. The lowest BCUT2D eigenvalue weighted by atomic mass is 10.3. The van der Waals surface area contributed by atoms with Crippen LogP contribution in [0.5, 0.6) is 0 Å². The summed E-state index contributed by atoms with van der Waals surface area (Å²) >= 11 is 0. The third-order valence-corrected chi connectivity index (χ3v) is 4.91. The van der Waals surface area contributed by atoms with Gasteiger partial charge in [-0.05, 0) is 6.92 Å². The van der Waals surface area contributed by atoms with Crippen LogP contribution < -0.4 is 10.2 Å². The van der Waals surface area contributed by atoms with Crippen molar-refractivity contribution in [1.82, 2.24) is 9.97 Å². The maximum atomic E-state index is 11.6. The lowest BCUT2D eigenvalue weighted by Gasteiger charge is -2.33. The van der Waals surface area contributed by atoms with Crippen molar-refractivity contribution in [3.05, 3.63) is 16.3 Å². The van der Waals surface area contributed by atoms with Crippen LogP contribution in [0.25, 0.3) is 0 Å². The SMILES string of the molecule is CNc1ncc([N+](=O)[O-])c(N2CCS(=O)(=O)CC2C)n1. The van der Waals surface area contributed by atoms with Crippen LogP contribution in [0.1, 0.15) is 6.92 Å². The molecule has 0 amide bonds. The number of nitrogens with zero attached hydrogens (tertiary/aromatic N) is 4. The van der Waals surface area contributed by atoms with E-state index in [0.29, 0.717) is 0 Å². The normalized spacial score (nSPS) is 21.5. The van der Waals surface area contributed by atoms with Gasteiger partial charge in [-0.1, -0.05) is 0 Å². The van der Waals surface area contributed by atoms with Gasteiger partial charge in [-0.3, -0.25) is 10.1 Å². The van der Waals surface area contributed by atoms with E-state index in [9.17, 15) is 18.5 Å². The molecule has 0 radical (unpaired) electrons. The lowest BCUT2D eigenvalue weighted by molar-refractivity contribution is -0.384. The van der Waals surface area contributed by atoms with Crippen molar-refractivity contribution in [2.24, 2.45) is 0 Å². The third-order valence-electron chi connectivity index (χ3n) is 3.11. The largest absolute Gasteiger partial charge is 0.357 e. The number of rotatable bonds is 3. The maximum Gasteiger partial charge on any atom is 0.329 e. The molecule has 1 aromatic rings. The molecule has 1 saturated heterocycles. The zero-order chi connectivity index (χ0) is 14.9. The molecule has 9 nitrogen and oxygen atoms in total. The first-order valence-electron chi connectivity index (χ1n) is 6.00. The molecule has 2 heterocycles. The Bertz CT molecular complexity index is 633. The van der Waals surface area contributed by atoms with Crippen molar-refractivity contribution >= 4 is 27.3 Å². The Balaban J connectivity index is 2.43. The second-order valence-electron chi connectivity index (χ2n) is 4.57. The molecule has 0 spiro atoms. The molecule has 1 aromatic heterocycles. The minimum Gasteiger partial charge on any atom is -0.357 e. The molecule has 1 aliphatic heterocycles. The van der Waals surface area contributed by atoms with Crippen molar-refractivity contribution in [3.63, 3.8) is 0 Å². The first-order chi connectivity index (χ1) is 9.34. The Morgan fingerprint density at radius 2 is 2.25 bits per heavy atom. The van der Waals surface area contributed by atoms with Gasteiger partial charge in [-0.15, -0.1) is 0 Å². The highest BCUT2D eigenvalue weighted by molar-refractivity contribution is 7.91. The molecule has 10 heteroatoms. The number of nitro groups is 1.